The number of benzene rings is 2. The Hall–Kier alpha value is -1.71. The van der Waals surface area contributed by atoms with Gasteiger partial charge in [0.1, 0.15) is 0 Å². The van der Waals surface area contributed by atoms with Gasteiger partial charge in [-0.1, -0.05) is 23.7 Å². The fraction of sp³-hybridized carbons (Fsp3) is 0.294. The Morgan fingerprint density at radius 3 is 2.19 bits per heavy atom. The van der Waals surface area contributed by atoms with E-state index < -0.39 is 0 Å². The highest BCUT2D eigenvalue weighted by molar-refractivity contribution is 6.31. The van der Waals surface area contributed by atoms with Crippen LogP contribution in [0.5, 0.6) is 11.5 Å². The Balaban J connectivity index is 2.45. The molecule has 0 aliphatic carbocycles. The van der Waals surface area contributed by atoms with Gasteiger partial charge in [0.25, 0.3) is 0 Å². The third-order valence-corrected chi connectivity index (χ3v) is 4.04. The van der Waals surface area contributed by atoms with Crippen LogP contribution in [0.1, 0.15) is 28.3 Å². The maximum absolute atomic E-state index is 6.37. The van der Waals surface area contributed by atoms with Crippen molar-refractivity contribution >= 4 is 11.6 Å². The zero-order valence-electron chi connectivity index (χ0n) is 12.7. The van der Waals surface area contributed by atoms with E-state index in [9.17, 15) is 0 Å². The second kappa shape index (κ2) is 6.37. The molecule has 0 aliphatic heterocycles. The molecule has 0 amide bonds. The number of ether oxygens (including phenoxy) is 2. The quantitative estimate of drug-likeness (QED) is 0.928. The van der Waals surface area contributed by atoms with Gasteiger partial charge in [0, 0.05) is 5.02 Å². The van der Waals surface area contributed by atoms with Crippen LogP contribution < -0.4 is 15.2 Å². The van der Waals surface area contributed by atoms with Gasteiger partial charge in [0.15, 0.2) is 11.5 Å². The lowest BCUT2D eigenvalue weighted by Gasteiger charge is -2.18. The summed E-state index contributed by atoms with van der Waals surface area (Å²) >= 11 is 6.34. The lowest BCUT2D eigenvalue weighted by molar-refractivity contribution is 0.354. The summed E-state index contributed by atoms with van der Waals surface area (Å²) in [5, 5.41) is 0.681. The molecule has 2 rings (SSSR count). The first-order valence-electron chi connectivity index (χ1n) is 6.72. The van der Waals surface area contributed by atoms with Crippen molar-refractivity contribution in [2.75, 3.05) is 14.2 Å². The highest BCUT2D eigenvalue weighted by Crippen LogP contribution is 2.34. The van der Waals surface area contributed by atoms with E-state index in [-0.39, 0.29) is 6.04 Å². The molecule has 1 atom stereocenters. The van der Waals surface area contributed by atoms with Crippen LogP contribution in [0.4, 0.5) is 0 Å². The summed E-state index contributed by atoms with van der Waals surface area (Å²) in [6.45, 7) is 4.09. The number of rotatable bonds is 4. The summed E-state index contributed by atoms with van der Waals surface area (Å²) in [5.74, 6) is 1.34. The van der Waals surface area contributed by atoms with Crippen molar-refractivity contribution in [2.24, 2.45) is 5.73 Å². The molecule has 0 aromatic heterocycles. The number of aryl methyl sites for hydroxylation is 2. The predicted octanol–water partition coefficient (Wildman–Crippen LogP) is 4.02. The van der Waals surface area contributed by atoms with Crippen molar-refractivity contribution in [1.29, 1.82) is 0 Å². The van der Waals surface area contributed by atoms with Crippen LogP contribution in [-0.2, 0) is 0 Å². The first kappa shape index (κ1) is 15.7. The molecule has 2 N–H and O–H groups in total. The van der Waals surface area contributed by atoms with Gasteiger partial charge in [-0.05, 0) is 54.3 Å². The second-order valence-electron chi connectivity index (χ2n) is 5.05. The maximum atomic E-state index is 6.37. The van der Waals surface area contributed by atoms with Gasteiger partial charge in [-0.2, -0.15) is 0 Å². The summed E-state index contributed by atoms with van der Waals surface area (Å²) < 4.78 is 10.6. The van der Waals surface area contributed by atoms with Crippen LogP contribution >= 0.6 is 11.6 Å². The molecule has 0 heterocycles. The fourth-order valence-corrected chi connectivity index (χ4v) is 2.60. The molecule has 0 spiro atoms. The molecule has 0 aliphatic rings. The molecular formula is C17H20ClNO2. The van der Waals surface area contributed by atoms with Crippen LogP contribution in [0.25, 0.3) is 0 Å². The summed E-state index contributed by atoms with van der Waals surface area (Å²) in [5.41, 5.74) is 10.5. The molecule has 0 saturated heterocycles. The van der Waals surface area contributed by atoms with Gasteiger partial charge in [-0.3, -0.25) is 0 Å². The molecule has 0 fully saturated rings. The number of nitrogens with two attached hydrogens (primary N) is 1. The molecule has 21 heavy (non-hydrogen) atoms. The number of hydrogen-bond donors (Lipinski definition) is 1. The van der Waals surface area contributed by atoms with Gasteiger partial charge in [-0.25, -0.2) is 0 Å². The summed E-state index contributed by atoms with van der Waals surface area (Å²) in [6, 6.07) is 9.35. The van der Waals surface area contributed by atoms with Gasteiger partial charge >= 0.3 is 0 Å². The van der Waals surface area contributed by atoms with Gasteiger partial charge in [-0.15, -0.1) is 0 Å². The summed E-state index contributed by atoms with van der Waals surface area (Å²) in [7, 11) is 3.22. The highest BCUT2D eigenvalue weighted by atomic mass is 35.5. The number of halogens is 1. The topological polar surface area (TPSA) is 44.5 Å². The number of methoxy groups -OCH3 is 2. The van der Waals surface area contributed by atoms with Crippen LogP contribution in [-0.4, -0.2) is 14.2 Å². The van der Waals surface area contributed by atoms with E-state index >= 15 is 0 Å². The Bertz CT molecular complexity index is 655. The molecule has 4 heteroatoms. The Labute approximate surface area is 130 Å². The van der Waals surface area contributed by atoms with Gasteiger partial charge in [0.2, 0.25) is 0 Å². The van der Waals surface area contributed by atoms with Gasteiger partial charge in [0.05, 0.1) is 20.3 Å². The smallest absolute Gasteiger partial charge is 0.161 e. The van der Waals surface area contributed by atoms with Gasteiger partial charge < -0.3 is 15.2 Å². The summed E-state index contributed by atoms with van der Waals surface area (Å²) in [6.07, 6.45) is 0. The normalized spacial score (nSPS) is 12.1. The predicted molar refractivity (Wildman–Crippen MR) is 86.5 cm³/mol. The minimum Gasteiger partial charge on any atom is -0.493 e. The second-order valence-corrected chi connectivity index (χ2v) is 5.46. The van der Waals surface area contributed by atoms with E-state index in [1.54, 1.807) is 14.2 Å². The zero-order valence-corrected chi connectivity index (χ0v) is 13.5. The largest absolute Gasteiger partial charge is 0.493 e. The lowest BCUT2D eigenvalue weighted by Crippen LogP contribution is -2.13. The van der Waals surface area contributed by atoms with Crippen molar-refractivity contribution < 1.29 is 9.47 Å². The molecule has 2 aromatic rings. The zero-order chi connectivity index (χ0) is 15.6. The van der Waals surface area contributed by atoms with E-state index in [2.05, 4.69) is 6.92 Å². The van der Waals surface area contributed by atoms with Crippen LogP contribution in [0.15, 0.2) is 30.3 Å². The first-order valence-corrected chi connectivity index (χ1v) is 7.10. The monoisotopic (exact) mass is 305 g/mol. The van der Waals surface area contributed by atoms with Crippen LogP contribution in [0, 0.1) is 13.8 Å². The molecule has 2 aromatic carbocycles. The van der Waals surface area contributed by atoms with E-state index in [1.807, 2.05) is 37.3 Å². The van der Waals surface area contributed by atoms with E-state index in [0.717, 1.165) is 16.7 Å². The molecule has 112 valence electrons. The average Bonchev–Trinajstić information content (AvgIpc) is 2.49. The van der Waals surface area contributed by atoms with Crippen molar-refractivity contribution in [3.05, 3.63) is 57.6 Å². The molecule has 3 nitrogen and oxygen atoms in total. The SMILES string of the molecule is COc1ccc(C(N)c2cc(C)c(C)cc2Cl)cc1OC. The van der Waals surface area contributed by atoms with Crippen molar-refractivity contribution in [2.45, 2.75) is 19.9 Å². The first-order chi connectivity index (χ1) is 9.97. The molecule has 1 unspecified atom stereocenters. The van der Waals surface area contributed by atoms with Crippen molar-refractivity contribution in [1.82, 2.24) is 0 Å². The maximum Gasteiger partial charge on any atom is 0.161 e. The van der Waals surface area contributed by atoms with Crippen molar-refractivity contribution in [3.63, 3.8) is 0 Å². The Kier molecular flexibility index (Phi) is 4.76. The molecule has 0 radical (unpaired) electrons. The number of hydrogen-bond acceptors (Lipinski definition) is 3. The third-order valence-electron chi connectivity index (χ3n) is 3.71. The highest BCUT2D eigenvalue weighted by Gasteiger charge is 2.16. The Morgan fingerprint density at radius 2 is 1.57 bits per heavy atom. The van der Waals surface area contributed by atoms with E-state index in [1.165, 1.54) is 5.56 Å². The summed E-state index contributed by atoms with van der Waals surface area (Å²) in [4.78, 5) is 0. The molecule has 0 saturated carbocycles. The molecular weight excluding hydrogens is 286 g/mol. The lowest BCUT2D eigenvalue weighted by atomic mass is 9.96. The van der Waals surface area contributed by atoms with E-state index in [0.29, 0.717) is 16.5 Å². The minimum atomic E-state index is -0.309. The molecule has 0 bridgehead atoms. The minimum absolute atomic E-state index is 0.309. The third kappa shape index (κ3) is 3.14. The van der Waals surface area contributed by atoms with Crippen molar-refractivity contribution in [3.8, 4) is 11.5 Å². The average molecular weight is 306 g/mol. The van der Waals surface area contributed by atoms with E-state index in [4.69, 9.17) is 26.8 Å². The fourth-order valence-electron chi connectivity index (χ4n) is 2.27. The van der Waals surface area contributed by atoms with Crippen LogP contribution in [0.2, 0.25) is 5.02 Å². The standard InChI is InChI=1S/C17H20ClNO2/c1-10-7-13(14(18)8-11(10)2)17(19)12-5-6-15(20-3)16(9-12)21-4/h5-9,17H,19H2,1-4H3. The van der Waals surface area contributed by atoms with Crippen LogP contribution in [0.3, 0.4) is 0 Å². The Morgan fingerprint density at radius 1 is 0.952 bits per heavy atom.